The zero-order valence-electron chi connectivity index (χ0n) is 63.8. The Hall–Kier alpha value is -12.7. The van der Waals surface area contributed by atoms with E-state index in [1.165, 1.54) is 0 Å². The summed E-state index contributed by atoms with van der Waals surface area (Å²) >= 11 is 0. The summed E-state index contributed by atoms with van der Waals surface area (Å²) in [4.78, 5) is 131. The smallest absolute Gasteiger partial charge is 0.408 e. The fourth-order valence-electron chi connectivity index (χ4n) is 12.7. The lowest BCUT2D eigenvalue weighted by Gasteiger charge is -2.21. The third-order valence-corrected chi connectivity index (χ3v) is 17.7. The Bertz CT molecular complexity index is 4880. The first-order valence-electron chi connectivity index (χ1n) is 36.6. The van der Waals surface area contributed by atoms with Crippen molar-refractivity contribution in [3.05, 3.63) is 226 Å². The van der Waals surface area contributed by atoms with Crippen molar-refractivity contribution in [2.24, 2.45) is 11.8 Å². The monoisotopic (exact) mass is 1480 g/mol. The van der Waals surface area contributed by atoms with Crippen molar-refractivity contribution in [3.8, 4) is 44.5 Å². The van der Waals surface area contributed by atoms with Crippen LogP contribution in [0, 0.1) is 25.7 Å². The standard InChI is InChI=1S/C88H92N10O12/c1-51(2)43-73(83(103)107-49-55-19-15-13-16-20-55)97-81(101)59-31-33-63(95-75(99)47-89-85(105)109-87(7,8)9)61(45-59)79-69-39-35-65(91-69)77(57-27-23-53(5)24-28-57)67-37-41-71(93-67)80(72-42-38-68(94-72)78(66-36-40-70(79)92-66)58-29-25-54(6)26-30-58)62-46-60(32-34-64(62)96-76(100)48-90-86(106)110-88(10,11)12)82(102)98-74(44-52(3)4)84(104)108-50-56-21-17-14-18-22-56/h13-42,45-46,51-52,73-74,91,94H,43-44,47-50H2,1-12H3,(H,89,105)(H,90,106)(H,95,99)(H,96,100)(H,97,101)(H,98,102)/t73-,74-/m0/s1. The molecule has 566 valence electrons. The molecule has 0 unspecified atom stereocenters. The van der Waals surface area contributed by atoms with Gasteiger partial charge in [-0.1, -0.05) is 148 Å². The van der Waals surface area contributed by atoms with Crippen LogP contribution in [0.5, 0.6) is 0 Å². The topological polar surface area (TPSA) is 303 Å². The van der Waals surface area contributed by atoms with Crippen molar-refractivity contribution >= 4 is 105 Å². The number of aryl methyl sites for hydroxylation is 2. The highest BCUT2D eigenvalue weighted by atomic mass is 16.6. The predicted molar refractivity (Wildman–Crippen MR) is 430 cm³/mol. The molecule has 6 aromatic carbocycles. The first-order chi connectivity index (χ1) is 52.5. The van der Waals surface area contributed by atoms with Gasteiger partial charge in [0.2, 0.25) is 11.8 Å². The minimum atomic E-state index is -1.05. The number of ether oxygens (including phenoxy) is 4. The van der Waals surface area contributed by atoms with E-state index in [2.05, 4.69) is 41.9 Å². The molecule has 11 rings (SSSR count). The average Bonchev–Trinajstić information content (AvgIpc) is 1.59. The maximum atomic E-state index is 15.0. The number of rotatable bonds is 24. The van der Waals surface area contributed by atoms with Crippen LogP contribution >= 0.6 is 0 Å². The minimum Gasteiger partial charge on any atom is -0.459 e. The molecule has 0 spiro atoms. The predicted octanol–water partition coefficient (Wildman–Crippen LogP) is 16.6. The van der Waals surface area contributed by atoms with E-state index >= 15 is 9.59 Å². The third kappa shape index (κ3) is 20.5. The number of aromatic amines is 2. The summed E-state index contributed by atoms with van der Waals surface area (Å²) in [7, 11) is 0. The number of esters is 2. The number of aromatic nitrogens is 4. The van der Waals surface area contributed by atoms with Gasteiger partial charge in [-0.25, -0.2) is 29.1 Å². The Morgan fingerprint density at radius 2 is 0.755 bits per heavy atom. The van der Waals surface area contributed by atoms with E-state index in [-0.39, 0.29) is 60.4 Å². The second-order valence-electron chi connectivity index (χ2n) is 30.1. The molecule has 6 amide bonds. The zero-order chi connectivity index (χ0) is 78.6. The van der Waals surface area contributed by atoms with Crippen LogP contribution in [0.2, 0.25) is 0 Å². The Morgan fingerprint density at radius 3 is 1.09 bits per heavy atom. The van der Waals surface area contributed by atoms with Gasteiger partial charge in [0.25, 0.3) is 11.8 Å². The summed E-state index contributed by atoms with van der Waals surface area (Å²) in [6.07, 6.45) is 6.32. The number of alkyl carbamates (subject to hydrolysis) is 2. The molecule has 22 nitrogen and oxygen atoms in total. The van der Waals surface area contributed by atoms with Crippen LogP contribution in [0.4, 0.5) is 21.0 Å². The molecule has 2 atom stereocenters. The molecule has 9 aromatic rings. The summed E-state index contributed by atoms with van der Waals surface area (Å²) in [5.74, 6) is -3.78. The lowest BCUT2D eigenvalue weighted by Crippen LogP contribution is -2.42. The molecule has 2 aliphatic heterocycles. The second kappa shape index (κ2) is 34.5. The van der Waals surface area contributed by atoms with Crippen molar-refractivity contribution in [1.82, 2.24) is 41.2 Å². The number of hydrogen-bond donors (Lipinski definition) is 8. The molecule has 0 saturated carbocycles. The fourth-order valence-corrected chi connectivity index (χ4v) is 12.7. The Kier molecular flexibility index (Phi) is 24.5. The SMILES string of the molecule is Cc1ccc(-c2c3nc(c(-c4cc(C(=O)N[C@@H](CC(C)C)C(=O)OCc5ccccc5)ccc4NC(=O)CNC(=O)OC(C)(C)C)c4ccc([nH]4)c(-c4ccc(C)cc4)c4nc(c(-c5cc(C(=O)N[C@@H](CC(C)C)C(=O)OCc6ccccc6)ccc5NC(=O)CNC(=O)OC(C)(C)C)c5ccc2[nH]5)C=C4)C=C3)cc1. The maximum Gasteiger partial charge on any atom is 0.408 e. The molecule has 2 aliphatic rings. The molecule has 5 heterocycles. The van der Waals surface area contributed by atoms with Gasteiger partial charge < -0.3 is 60.8 Å². The lowest BCUT2D eigenvalue weighted by molar-refractivity contribution is -0.148. The quantitative estimate of drug-likeness (QED) is 0.0206. The van der Waals surface area contributed by atoms with E-state index < -0.39 is 84.1 Å². The highest BCUT2D eigenvalue weighted by molar-refractivity contribution is 6.09. The first-order valence-corrected chi connectivity index (χ1v) is 36.6. The Morgan fingerprint density at radius 1 is 0.418 bits per heavy atom. The van der Waals surface area contributed by atoms with Crippen LogP contribution in [-0.4, -0.2) is 104 Å². The van der Waals surface area contributed by atoms with E-state index in [4.69, 9.17) is 28.9 Å². The molecular weight excluding hydrogens is 1390 g/mol. The summed E-state index contributed by atoms with van der Waals surface area (Å²) < 4.78 is 22.6. The van der Waals surface area contributed by atoms with Crippen molar-refractivity contribution in [3.63, 3.8) is 0 Å². The second-order valence-corrected chi connectivity index (χ2v) is 30.1. The number of nitrogens with zero attached hydrogens (tertiary/aromatic N) is 2. The van der Waals surface area contributed by atoms with E-state index in [0.29, 0.717) is 78.2 Å². The number of anilines is 2. The van der Waals surface area contributed by atoms with Gasteiger partial charge in [-0.15, -0.1) is 0 Å². The van der Waals surface area contributed by atoms with Gasteiger partial charge in [-0.3, -0.25) is 19.2 Å². The molecule has 0 aliphatic carbocycles. The van der Waals surface area contributed by atoms with Gasteiger partial charge in [-0.05, 0) is 187 Å². The highest BCUT2D eigenvalue weighted by Crippen LogP contribution is 2.42. The first kappa shape index (κ1) is 78.4. The van der Waals surface area contributed by atoms with Crippen LogP contribution < -0.4 is 31.9 Å². The van der Waals surface area contributed by atoms with Crippen LogP contribution in [0.3, 0.4) is 0 Å². The number of H-pyrrole nitrogens is 2. The number of benzene rings is 6. The van der Waals surface area contributed by atoms with Crippen LogP contribution in [0.15, 0.2) is 170 Å². The molecule has 22 heteroatoms. The number of nitrogens with one attached hydrogen (secondary N) is 8. The van der Waals surface area contributed by atoms with E-state index in [1.54, 1.807) is 77.9 Å². The molecule has 0 saturated heterocycles. The van der Waals surface area contributed by atoms with Gasteiger partial charge in [-0.2, -0.15) is 0 Å². The van der Waals surface area contributed by atoms with Gasteiger partial charge in [0, 0.05) is 77.9 Å². The summed E-state index contributed by atoms with van der Waals surface area (Å²) in [6, 6.07) is 49.3. The van der Waals surface area contributed by atoms with Gasteiger partial charge in [0.1, 0.15) is 49.6 Å². The lowest BCUT2D eigenvalue weighted by atomic mass is 9.98. The van der Waals surface area contributed by atoms with E-state index in [1.807, 2.05) is 199 Å². The van der Waals surface area contributed by atoms with Crippen LogP contribution in [-0.2, 0) is 51.3 Å². The van der Waals surface area contributed by atoms with Crippen LogP contribution in [0.1, 0.15) is 148 Å². The summed E-state index contributed by atoms with van der Waals surface area (Å²) in [6.45, 7) is 21.0. The van der Waals surface area contributed by atoms with Crippen molar-refractivity contribution in [2.75, 3.05) is 23.7 Å². The van der Waals surface area contributed by atoms with Crippen LogP contribution in [0.25, 0.3) is 90.9 Å². The molecule has 0 radical (unpaired) electrons. The molecule has 0 fully saturated rings. The summed E-state index contributed by atoms with van der Waals surface area (Å²) in [5.41, 5.74) is 10.5. The number of amides is 6. The van der Waals surface area contributed by atoms with Crippen molar-refractivity contribution in [1.29, 1.82) is 0 Å². The number of fused-ring (bicyclic) bond motifs is 8. The molecule has 8 bridgehead atoms. The van der Waals surface area contributed by atoms with Crippen molar-refractivity contribution < 1.29 is 57.3 Å². The maximum absolute atomic E-state index is 15.0. The highest BCUT2D eigenvalue weighted by Gasteiger charge is 2.30. The third-order valence-electron chi connectivity index (χ3n) is 17.7. The summed E-state index contributed by atoms with van der Waals surface area (Å²) in [5, 5.41) is 17.1. The van der Waals surface area contributed by atoms with E-state index in [9.17, 15) is 28.8 Å². The largest absolute Gasteiger partial charge is 0.459 e. The number of carbonyl (C=O) groups is 8. The van der Waals surface area contributed by atoms with Gasteiger partial charge in [0.05, 0.1) is 22.8 Å². The number of hydrogen-bond acceptors (Lipinski definition) is 14. The Balaban J connectivity index is 1.15. The molecule has 110 heavy (non-hydrogen) atoms. The molecular formula is C88H92N10O12. The Labute approximate surface area is 639 Å². The molecule has 8 N–H and O–H groups in total. The minimum absolute atomic E-state index is 0.00840. The van der Waals surface area contributed by atoms with Crippen molar-refractivity contribution in [2.45, 2.75) is 132 Å². The number of carbonyl (C=O) groups excluding carboxylic acids is 8. The average molecular weight is 1480 g/mol. The van der Waals surface area contributed by atoms with E-state index in [0.717, 1.165) is 33.4 Å². The van der Waals surface area contributed by atoms with Gasteiger partial charge >= 0.3 is 24.1 Å². The fraction of sp³-hybridized carbons (Fsp3) is 0.273. The zero-order valence-corrected chi connectivity index (χ0v) is 63.8. The normalized spacial score (nSPS) is 12.3. The van der Waals surface area contributed by atoms with Gasteiger partial charge in [0.15, 0.2) is 0 Å². The molecule has 3 aromatic heterocycles.